The van der Waals surface area contributed by atoms with Gasteiger partial charge in [-0.3, -0.25) is 0 Å². The standard InChI is InChI=1S/C8H15F3IN/c9-8(10,11)4-7-13-6-3-1-2-5-12/h13H,1-7H2. The van der Waals surface area contributed by atoms with Crippen molar-refractivity contribution >= 4 is 22.6 Å². The summed E-state index contributed by atoms with van der Waals surface area (Å²) in [5, 5.41) is 2.78. The minimum atomic E-state index is -4.02. The highest BCUT2D eigenvalue weighted by Gasteiger charge is 2.25. The molecule has 0 atom stereocenters. The van der Waals surface area contributed by atoms with Crippen LogP contribution in [0.2, 0.25) is 0 Å². The van der Waals surface area contributed by atoms with Crippen LogP contribution in [0.3, 0.4) is 0 Å². The van der Waals surface area contributed by atoms with Crippen molar-refractivity contribution in [2.75, 3.05) is 17.5 Å². The summed E-state index contributed by atoms with van der Waals surface area (Å²) in [6.07, 6.45) is -1.52. The fourth-order valence-corrected chi connectivity index (χ4v) is 1.42. The van der Waals surface area contributed by atoms with E-state index in [9.17, 15) is 13.2 Å². The summed E-state index contributed by atoms with van der Waals surface area (Å²) in [6, 6.07) is 0. The van der Waals surface area contributed by atoms with Crippen LogP contribution < -0.4 is 5.32 Å². The highest BCUT2D eigenvalue weighted by molar-refractivity contribution is 14.1. The Balaban J connectivity index is 3.00. The molecule has 13 heavy (non-hydrogen) atoms. The van der Waals surface area contributed by atoms with Crippen LogP contribution in [-0.2, 0) is 0 Å². The Bertz CT molecular complexity index is 116. The van der Waals surface area contributed by atoms with Crippen LogP contribution in [0.1, 0.15) is 25.7 Å². The van der Waals surface area contributed by atoms with E-state index in [-0.39, 0.29) is 6.54 Å². The fraction of sp³-hybridized carbons (Fsp3) is 1.00. The third-order valence-electron chi connectivity index (χ3n) is 1.57. The molecule has 0 aliphatic carbocycles. The zero-order valence-electron chi connectivity index (χ0n) is 7.46. The molecule has 0 aliphatic heterocycles. The van der Waals surface area contributed by atoms with Crippen LogP contribution >= 0.6 is 22.6 Å². The van der Waals surface area contributed by atoms with Gasteiger partial charge in [-0.05, 0) is 23.8 Å². The van der Waals surface area contributed by atoms with E-state index < -0.39 is 12.6 Å². The molecule has 0 aromatic carbocycles. The molecule has 0 aromatic heterocycles. The minimum absolute atomic E-state index is 0.0493. The molecule has 5 heteroatoms. The molecule has 0 spiro atoms. The Labute approximate surface area is 90.6 Å². The van der Waals surface area contributed by atoms with Gasteiger partial charge in [0, 0.05) is 6.54 Å². The van der Waals surface area contributed by atoms with Gasteiger partial charge < -0.3 is 5.32 Å². The maximum Gasteiger partial charge on any atom is 0.390 e. The van der Waals surface area contributed by atoms with Gasteiger partial charge in [0.05, 0.1) is 6.42 Å². The van der Waals surface area contributed by atoms with Crippen LogP contribution in [0.15, 0.2) is 0 Å². The molecule has 0 saturated heterocycles. The van der Waals surface area contributed by atoms with E-state index in [0.717, 1.165) is 23.7 Å². The molecule has 0 unspecified atom stereocenters. The van der Waals surface area contributed by atoms with Crippen LogP contribution in [0.25, 0.3) is 0 Å². The van der Waals surface area contributed by atoms with Gasteiger partial charge in [0.25, 0.3) is 0 Å². The number of hydrogen-bond donors (Lipinski definition) is 1. The normalized spacial score (nSPS) is 12.0. The second-order valence-electron chi connectivity index (χ2n) is 2.86. The van der Waals surface area contributed by atoms with Crippen LogP contribution in [0.5, 0.6) is 0 Å². The van der Waals surface area contributed by atoms with Crippen molar-refractivity contribution in [3.8, 4) is 0 Å². The molecular weight excluding hydrogens is 294 g/mol. The highest BCUT2D eigenvalue weighted by atomic mass is 127. The van der Waals surface area contributed by atoms with Crippen molar-refractivity contribution in [3.63, 3.8) is 0 Å². The first kappa shape index (κ1) is 13.5. The van der Waals surface area contributed by atoms with E-state index in [0.29, 0.717) is 6.54 Å². The highest BCUT2D eigenvalue weighted by Crippen LogP contribution is 2.17. The fourth-order valence-electron chi connectivity index (χ4n) is 0.876. The summed E-state index contributed by atoms with van der Waals surface area (Å²) in [6.45, 7) is 0.750. The SMILES string of the molecule is FC(F)(F)CCNCCCCCI. The van der Waals surface area contributed by atoms with Crippen LogP contribution in [0, 0.1) is 0 Å². The average molecular weight is 309 g/mol. The number of unbranched alkanes of at least 4 members (excludes halogenated alkanes) is 2. The van der Waals surface area contributed by atoms with E-state index in [1.54, 1.807) is 0 Å². The molecule has 80 valence electrons. The van der Waals surface area contributed by atoms with Crippen molar-refractivity contribution in [2.45, 2.75) is 31.9 Å². The van der Waals surface area contributed by atoms with E-state index in [1.807, 2.05) is 0 Å². The van der Waals surface area contributed by atoms with Gasteiger partial charge in [-0.2, -0.15) is 13.2 Å². The Morgan fingerprint density at radius 1 is 1.00 bits per heavy atom. The van der Waals surface area contributed by atoms with Gasteiger partial charge in [-0.25, -0.2) is 0 Å². The van der Waals surface area contributed by atoms with Gasteiger partial charge >= 0.3 is 6.18 Å². The summed E-state index contributed by atoms with van der Waals surface area (Å²) in [7, 11) is 0. The minimum Gasteiger partial charge on any atom is -0.316 e. The Kier molecular flexibility index (Phi) is 8.13. The molecule has 0 bridgehead atoms. The lowest BCUT2D eigenvalue weighted by molar-refractivity contribution is -0.133. The smallest absolute Gasteiger partial charge is 0.316 e. The molecule has 0 fully saturated rings. The Morgan fingerprint density at radius 3 is 2.23 bits per heavy atom. The van der Waals surface area contributed by atoms with E-state index >= 15 is 0 Å². The predicted molar refractivity (Wildman–Crippen MR) is 56.3 cm³/mol. The number of nitrogens with one attached hydrogen (secondary N) is 1. The molecule has 0 amide bonds. The maximum atomic E-state index is 11.6. The quantitative estimate of drug-likeness (QED) is 0.433. The summed E-state index contributed by atoms with van der Waals surface area (Å²) in [5.41, 5.74) is 0. The number of halogens is 4. The van der Waals surface area contributed by atoms with Gasteiger partial charge in [-0.1, -0.05) is 29.0 Å². The topological polar surface area (TPSA) is 12.0 Å². The van der Waals surface area contributed by atoms with Gasteiger partial charge in [-0.15, -0.1) is 0 Å². The third kappa shape index (κ3) is 12.5. The zero-order chi connectivity index (χ0) is 10.2. The predicted octanol–water partition coefficient (Wildman–Crippen LogP) is 3.13. The van der Waals surface area contributed by atoms with Crippen molar-refractivity contribution < 1.29 is 13.2 Å². The first-order valence-corrected chi connectivity index (χ1v) is 5.92. The van der Waals surface area contributed by atoms with Crippen molar-refractivity contribution in [3.05, 3.63) is 0 Å². The van der Waals surface area contributed by atoms with Gasteiger partial charge in [0.2, 0.25) is 0 Å². The van der Waals surface area contributed by atoms with Gasteiger partial charge in [0.15, 0.2) is 0 Å². The van der Waals surface area contributed by atoms with Crippen LogP contribution in [-0.4, -0.2) is 23.7 Å². The largest absolute Gasteiger partial charge is 0.390 e. The maximum absolute atomic E-state index is 11.6. The summed E-state index contributed by atoms with van der Waals surface area (Å²) in [4.78, 5) is 0. The molecule has 0 heterocycles. The van der Waals surface area contributed by atoms with Gasteiger partial charge in [0.1, 0.15) is 0 Å². The molecule has 0 rings (SSSR count). The lowest BCUT2D eigenvalue weighted by Crippen LogP contribution is -2.22. The Morgan fingerprint density at radius 2 is 1.69 bits per heavy atom. The molecule has 0 aromatic rings. The van der Waals surface area contributed by atoms with Crippen molar-refractivity contribution in [2.24, 2.45) is 0 Å². The first-order chi connectivity index (χ1) is 6.06. The molecule has 0 aliphatic rings. The summed E-state index contributed by atoms with van der Waals surface area (Å²) < 4.78 is 36.1. The molecule has 0 radical (unpaired) electrons. The van der Waals surface area contributed by atoms with Crippen LogP contribution in [0.4, 0.5) is 13.2 Å². The van der Waals surface area contributed by atoms with E-state index in [4.69, 9.17) is 0 Å². The molecule has 1 nitrogen and oxygen atoms in total. The van der Waals surface area contributed by atoms with Crippen molar-refractivity contribution in [1.29, 1.82) is 0 Å². The second kappa shape index (κ2) is 7.84. The lowest BCUT2D eigenvalue weighted by Gasteiger charge is -2.06. The summed E-state index contributed by atoms with van der Waals surface area (Å²) >= 11 is 2.30. The molecule has 1 N–H and O–H groups in total. The average Bonchev–Trinajstić information content (AvgIpc) is 2.01. The lowest BCUT2D eigenvalue weighted by atomic mass is 10.2. The van der Waals surface area contributed by atoms with E-state index in [1.165, 1.54) is 0 Å². The van der Waals surface area contributed by atoms with E-state index in [2.05, 4.69) is 27.9 Å². The number of hydrogen-bond acceptors (Lipinski definition) is 1. The number of alkyl halides is 4. The second-order valence-corrected chi connectivity index (χ2v) is 3.94. The first-order valence-electron chi connectivity index (χ1n) is 4.39. The van der Waals surface area contributed by atoms with Crippen molar-refractivity contribution in [1.82, 2.24) is 5.32 Å². The zero-order valence-corrected chi connectivity index (χ0v) is 9.62. The molecule has 0 saturated carbocycles. The Hall–Kier alpha value is 0.480. The monoisotopic (exact) mass is 309 g/mol. The summed E-state index contributed by atoms with van der Waals surface area (Å²) in [5.74, 6) is 0. The number of rotatable bonds is 7. The molecular formula is C8H15F3IN. The third-order valence-corrected chi connectivity index (χ3v) is 2.34.